The molecule has 0 bridgehead atoms. The Morgan fingerprint density at radius 1 is 1.25 bits per heavy atom. The molecule has 0 saturated heterocycles. The molecule has 2 aromatic rings. The number of rotatable bonds is 4. The number of hydrogen-bond donors (Lipinski definition) is 1. The molecule has 0 fully saturated rings. The zero-order valence-electron chi connectivity index (χ0n) is 12.2. The predicted octanol–water partition coefficient (Wildman–Crippen LogP) is 4.32. The summed E-state index contributed by atoms with van der Waals surface area (Å²) >= 11 is 1.76. The van der Waals surface area contributed by atoms with E-state index >= 15 is 0 Å². The van der Waals surface area contributed by atoms with Crippen LogP contribution in [-0.2, 0) is 4.74 Å². The van der Waals surface area contributed by atoms with Crippen LogP contribution in [0.4, 0.5) is 5.69 Å². The van der Waals surface area contributed by atoms with Crippen molar-refractivity contribution in [3.05, 3.63) is 51.2 Å². The maximum absolute atomic E-state index is 11.8. The number of aryl methyl sites for hydroxylation is 2. The zero-order chi connectivity index (χ0) is 14.7. The number of methoxy groups -OCH3 is 1. The van der Waals surface area contributed by atoms with E-state index in [0.29, 0.717) is 5.56 Å². The van der Waals surface area contributed by atoms with Gasteiger partial charge in [0.1, 0.15) is 0 Å². The highest BCUT2D eigenvalue weighted by Crippen LogP contribution is 2.28. The third-order valence-electron chi connectivity index (χ3n) is 3.14. The fraction of sp³-hybridized carbons (Fsp3) is 0.312. The SMILES string of the molecule is COC(=O)c1cc(C)ccc1NC(C)c1ccc(C)s1. The number of carbonyl (C=O) groups is 1. The Morgan fingerprint density at radius 2 is 2.00 bits per heavy atom. The molecule has 0 aliphatic rings. The number of carbonyl (C=O) groups excluding carboxylic acids is 1. The van der Waals surface area contributed by atoms with E-state index in [2.05, 4.69) is 31.3 Å². The van der Waals surface area contributed by atoms with Crippen LogP contribution in [0.25, 0.3) is 0 Å². The van der Waals surface area contributed by atoms with Crippen LogP contribution in [0, 0.1) is 13.8 Å². The molecule has 0 aliphatic carbocycles. The quantitative estimate of drug-likeness (QED) is 0.852. The number of benzene rings is 1. The molecule has 1 unspecified atom stereocenters. The highest BCUT2D eigenvalue weighted by atomic mass is 32.1. The van der Waals surface area contributed by atoms with E-state index in [4.69, 9.17) is 4.74 Å². The fourth-order valence-corrected chi connectivity index (χ4v) is 2.93. The molecule has 4 heteroatoms. The second-order valence-corrected chi connectivity index (χ2v) is 6.17. The summed E-state index contributed by atoms with van der Waals surface area (Å²) in [4.78, 5) is 14.4. The van der Waals surface area contributed by atoms with Crippen LogP contribution in [0.2, 0.25) is 0 Å². The summed E-state index contributed by atoms with van der Waals surface area (Å²) in [6, 6.07) is 10.1. The molecule has 20 heavy (non-hydrogen) atoms. The van der Waals surface area contributed by atoms with Crippen LogP contribution in [0.5, 0.6) is 0 Å². The van der Waals surface area contributed by atoms with Gasteiger partial charge in [-0.2, -0.15) is 0 Å². The maximum Gasteiger partial charge on any atom is 0.339 e. The minimum Gasteiger partial charge on any atom is -0.465 e. The van der Waals surface area contributed by atoms with Crippen LogP contribution in [-0.4, -0.2) is 13.1 Å². The number of anilines is 1. The Hall–Kier alpha value is -1.81. The molecule has 0 amide bonds. The molecule has 0 saturated carbocycles. The standard InChI is InChI=1S/C16H19NO2S/c1-10-5-7-14(13(9-10)16(18)19-4)17-12(3)15-8-6-11(2)20-15/h5-9,12,17H,1-4H3. The van der Waals surface area contributed by atoms with Gasteiger partial charge in [0, 0.05) is 15.4 Å². The summed E-state index contributed by atoms with van der Waals surface area (Å²) in [5, 5.41) is 3.39. The lowest BCUT2D eigenvalue weighted by Crippen LogP contribution is -2.11. The van der Waals surface area contributed by atoms with E-state index in [1.165, 1.54) is 16.9 Å². The summed E-state index contributed by atoms with van der Waals surface area (Å²) in [5.41, 5.74) is 2.42. The molecular formula is C16H19NO2S. The molecule has 1 aromatic heterocycles. The summed E-state index contributed by atoms with van der Waals surface area (Å²) < 4.78 is 4.85. The van der Waals surface area contributed by atoms with Crippen LogP contribution in [0.1, 0.15) is 38.6 Å². The number of esters is 1. The number of ether oxygens (including phenoxy) is 1. The average Bonchev–Trinajstić information content (AvgIpc) is 2.86. The van der Waals surface area contributed by atoms with E-state index in [0.717, 1.165) is 11.3 Å². The molecule has 2 rings (SSSR count). The molecular weight excluding hydrogens is 270 g/mol. The third kappa shape index (κ3) is 3.20. The lowest BCUT2D eigenvalue weighted by molar-refractivity contribution is 0.0601. The highest BCUT2D eigenvalue weighted by molar-refractivity contribution is 7.12. The Bertz CT molecular complexity index is 619. The first-order chi connectivity index (χ1) is 9.51. The molecule has 1 N–H and O–H groups in total. The molecule has 106 valence electrons. The Morgan fingerprint density at radius 3 is 2.60 bits per heavy atom. The largest absolute Gasteiger partial charge is 0.465 e. The lowest BCUT2D eigenvalue weighted by atomic mass is 10.1. The second kappa shape index (κ2) is 6.09. The minimum atomic E-state index is -0.314. The second-order valence-electron chi connectivity index (χ2n) is 4.86. The van der Waals surface area contributed by atoms with Crippen molar-refractivity contribution in [1.29, 1.82) is 0 Å². The van der Waals surface area contributed by atoms with Gasteiger partial charge in [-0.05, 0) is 45.0 Å². The molecule has 0 aliphatic heterocycles. The first-order valence-electron chi connectivity index (χ1n) is 6.53. The zero-order valence-corrected chi connectivity index (χ0v) is 13.0. The lowest BCUT2D eigenvalue weighted by Gasteiger charge is -2.16. The van der Waals surface area contributed by atoms with Gasteiger partial charge in [0.05, 0.1) is 18.7 Å². The average molecular weight is 289 g/mol. The van der Waals surface area contributed by atoms with E-state index in [1.807, 2.05) is 25.1 Å². The monoisotopic (exact) mass is 289 g/mol. The van der Waals surface area contributed by atoms with Crippen molar-refractivity contribution in [3.8, 4) is 0 Å². The van der Waals surface area contributed by atoms with Crippen molar-refractivity contribution in [2.24, 2.45) is 0 Å². The molecule has 0 radical (unpaired) electrons. The molecule has 1 atom stereocenters. The summed E-state index contributed by atoms with van der Waals surface area (Å²) in [6.07, 6.45) is 0. The van der Waals surface area contributed by atoms with Crippen LogP contribution < -0.4 is 5.32 Å². The Labute approximate surface area is 123 Å². The van der Waals surface area contributed by atoms with Gasteiger partial charge in [-0.25, -0.2) is 4.79 Å². The number of nitrogens with one attached hydrogen (secondary N) is 1. The first kappa shape index (κ1) is 14.6. The van der Waals surface area contributed by atoms with Gasteiger partial charge in [0.15, 0.2) is 0 Å². The third-order valence-corrected chi connectivity index (χ3v) is 4.32. The summed E-state index contributed by atoms with van der Waals surface area (Å²) in [7, 11) is 1.40. The van der Waals surface area contributed by atoms with Crippen LogP contribution in [0.3, 0.4) is 0 Å². The van der Waals surface area contributed by atoms with Gasteiger partial charge in [0.25, 0.3) is 0 Å². The van der Waals surface area contributed by atoms with E-state index in [1.54, 1.807) is 11.3 Å². The van der Waals surface area contributed by atoms with E-state index in [-0.39, 0.29) is 12.0 Å². The summed E-state index contributed by atoms with van der Waals surface area (Å²) in [6.45, 7) is 6.14. The molecule has 3 nitrogen and oxygen atoms in total. The fourth-order valence-electron chi connectivity index (χ4n) is 2.05. The van der Waals surface area contributed by atoms with Crippen molar-refractivity contribution >= 4 is 23.0 Å². The van der Waals surface area contributed by atoms with Crippen LogP contribution >= 0.6 is 11.3 Å². The van der Waals surface area contributed by atoms with Gasteiger partial charge >= 0.3 is 5.97 Å². The smallest absolute Gasteiger partial charge is 0.339 e. The topological polar surface area (TPSA) is 38.3 Å². The van der Waals surface area contributed by atoms with Gasteiger partial charge in [0.2, 0.25) is 0 Å². The van der Waals surface area contributed by atoms with Gasteiger partial charge in [-0.3, -0.25) is 0 Å². The van der Waals surface area contributed by atoms with Gasteiger partial charge in [-0.15, -0.1) is 11.3 Å². The van der Waals surface area contributed by atoms with Gasteiger partial charge in [-0.1, -0.05) is 11.6 Å². The van der Waals surface area contributed by atoms with Crippen LogP contribution in [0.15, 0.2) is 30.3 Å². The van der Waals surface area contributed by atoms with Crippen molar-refractivity contribution in [2.45, 2.75) is 26.8 Å². The van der Waals surface area contributed by atoms with Gasteiger partial charge < -0.3 is 10.1 Å². The Balaban J connectivity index is 2.26. The maximum atomic E-state index is 11.8. The minimum absolute atomic E-state index is 0.153. The molecule has 0 spiro atoms. The van der Waals surface area contributed by atoms with Crippen molar-refractivity contribution in [2.75, 3.05) is 12.4 Å². The van der Waals surface area contributed by atoms with E-state index < -0.39 is 0 Å². The van der Waals surface area contributed by atoms with Crippen molar-refractivity contribution in [1.82, 2.24) is 0 Å². The highest BCUT2D eigenvalue weighted by Gasteiger charge is 2.15. The number of thiophene rings is 1. The first-order valence-corrected chi connectivity index (χ1v) is 7.34. The Kier molecular flexibility index (Phi) is 4.45. The predicted molar refractivity (Wildman–Crippen MR) is 83.6 cm³/mol. The van der Waals surface area contributed by atoms with E-state index in [9.17, 15) is 4.79 Å². The molecule has 1 heterocycles. The summed E-state index contributed by atoms with van der Waals surface area (Å²) in [5.74, 6) is -0.314. The number of hydrogen-bond acceptors (Lipinski definition) is 4. The van der Waals surface area contributed by atoms with Crippen molar-refractivity contribution in [3.63, 3.8) is 0 Å². The molecule has 1 aromatic carbocycles. The van der Waals surface area contributed by atoms with Crippen molar-refractivity contribution < 1.29 is 9.53 Å². The normalized spacial score (nSPS) is 12.0.